The Labute approximate surface area is 145 Å². The highest BCUT2D eigenvalue weighted by molar-refractivity contribution is 7.98. The predicted octanol–water partition coefficient (Wildman–Crippen LogP) is 4.12. The van der Waals surface area contributed by atoms with E-state index in [2.05, 4.69) is 9.72 Å². The molecule has 0 aliphatic rings. The fourth-order valence-electron chi connectivity index (χ4n) is 2.26. The number of thioether (sulfide) groups is 1. The summed E-state index contributed by atoms with van der Waals surface area (Å²) in [5.41, 5.74) is 1.27. The molecule has 1 heterocycles. The summed E-state index contributed by atoms with van der Waals surface area (Å²) < 4.78 is 41.8. The number of fused-ring (bicyclic) bond motifs is 1. The molecule has 3 aromatic rings. The molecule has 0 saturated heterocycles. The second kappa shape index (κ2) is 6.79. The highest BCUT2D eigenvalue weighted by Crippen LogP contribution is 2.25. The largest absolute Gasteiger partial charge is 0.573 e. The summed E-state index contributed by atoms with van der Waals surface area (Å²) in [6, 6.07) is 12.7. The van der Waals surface area contributed by atoms with Gasteiger partial charge in [0.05, 0.1) is 10.9 Å². The van der Waals surface area contributed by atoms with Gasteiger partial charge in [-0.2, -0.15) is 0 Å². The minimum absolute atomic E-state index is 0.137. The molecule has 0 bridgehead atoms. The molecule has 0 radical (unpaired) electrons. The standard InChI is InChI=1S/C17H13F3N2O2S/c1-22-15(23)13-4-2-3-5-14(13)21-16(22)25-10-11-6-8-12(9-7-11)24-17(18,19)20/h2-9H,10H2,1H3. The molecule has 2 aromatic carbocycles. The van der Waals surface area contributed by atoms with Crippen LogP contribution in [0.2, 0.25) is 0 Å². The number of halogens is 3. The fourth-order valence-corrected chi connectivity index (χ4v) is 3.19. The topological polar surface area (TPSA) is 44.1 Å². The second-order valence-electron chi connectivity index (χ2n) is 5.26. The van der Waals surface area contributed by atoms with Crippen LogP contribution in [0.5, 0.6) is 5.75 Å². The number of nitrogens with zero attached hydrogens (tertiary/aromatic N) is 2. The molecule has 130 valence electrons. The van der Waals surface area contributed by atoms with Gasteiger partial charge in [0, 0.05) is 12.8 Å². The van der Waals surface area contributed by atoms with E-state index in [1.165, 1.54) is 28.5 Å². The molecule has 8 heteroatoms. The number of hydrogen-bond acceptors (Lipinski definition) is 4. The van der Waals surface area contributed by atoms with Crippen molar-refractivity contribution in [2.75, 3.05) is 0 Å². The van der Waals surface area contributed by atoms with Gasteiger partial charge < -0.3 is 4.74 Å². The normalized spacial score (nSPS) is 11.7. The van der Waals surface area contributed by atoms with Crippen LogP contribution in [0.4, 0.5) is 13.2 Å². The quantitative estimate of drug-likeness (QED) is 0.515. The zero-order valence-electron chi connectivity index (χ0n) is 13.1. The van der Waals surface area contributed by atoms with Gasteiger partial charge in [-0.3, -0.25) is 9.36 Å². The molecule has 0 fully saturated rings. The van der Waals surface area contributed by atoms with Crippen molar-refractivity contribution in [1.29, 1.82) is 0 Å². The van der Waals surface area contributed by atoms with Crippen molar-refractivity contribution >= 4 is 22.7 Å². The first-order valence-corrected chi connectivity index (χ1v) is 8.25. The van der Waals surface area contributed by atoms with E-state index in [1.54, 1.807) is 37.4 Å². The average molecular weight is 366 g/mol. The van der Waals surface area contributed by atoms with E-state index in [1.807, 2.05) is 6.07 Å². The first-order chi connectivity index (χ1) is 11.8. The lowest BCUT2D eigenvalue weighted by molar-refractivity contribution is -0.274. The molecule has 0 saturated carbocycles. The van der Waals surface area contributed by atoms with Crippen LogP contribution < -0.4 is 10.3 Å². The summed E-state index contributed by atoms with van der Waals surface area (Å²) in [6.07, 6.45) is -4.70. The van der Waals surface area contributed by atoms with E-state index >= 15 is 0 Å². The molecular weight excluding hydrogens is 353 g/mol. The van der Waals surface area contributed by atoms with Crippen molar-refractivity contribution in [3.63, 3.8) is 0 Å². The lowest BCUT2D eigenvalue weighted by Gasteiger charge is -2.10. The van der Waals surface area contributed by atoms with E-state index in [0.29, 0.717) is 21.8 Å². The Kier molecular flexibility index (Phi) is 4.71. The van der Waals surface area contributed by atoms with Crippen molar-refractivity contribution in [3.8, 4) is 5.75 Å². The summed E-state index contributed by atoms with van der Waals surface area (Å²) in [6.45, 7) is 0. The van der Waals surface area contributed by atoms with Crippen LogP contribution in [-0.2, 0) is 12.8 Å². The second-order valence-corrected chi connectivity index (χ2v) is 6.20. The molecule has 0 spiro atoms. The van der Waals surface area contributed by atoms with Crippen molar-refractivity contribution in [2.24, 2.45) is 7.05 Å². The third-order valence-electron chi connectivity index (χ3n) is 3.47. The van der Waals surface area contributed by atoms with Gasteiger partial charge in [-0.15, -0.1) is 13.2 Å². The Balaban J connectivity index is 1.77. The van der Waals surface area contributed by atoms with Crippen LogP contribution in [0, 0.1) is 0 Å². The van der Waals surface area contributed by atoms with Crippen LogP contribution in [-0.4, -0.2) is 15.9 Å². The molecule has 25 heavy (non-hydrogen) atoms. The maximum atomic E-state index is 12.3. The van der Waals surface area contributed by atoms with Gasteiger partial charge in [-0.1, -0.05) is 36.0 Å². The Bertz CT molecular complexity index is 953. The number of hydrogen-bond donors (Lipinski definition) is 0. The van der Waals surface area contributed by atoms with Gasteiger partial charge in [0.2, 0.25) is 0 Å². The van der Waals surface area contributed by atoms with Crippen molar-refractivity contribution in [3.05, 3.63) is 64.4 Å². The maximum absolute atomic E-state index is 12.3. The number of rotatable bonds is 4. The first kappa shape index (κ1) is 17.3. The first-order valence-electron chi connectivity index (χ1n) is 7.27. The minimum Gasteiger partial charge on any atom is -0.406 e. The highest BCUT2D eigenvalue weighted by atomic mass is 32.2. The van der Waals surface area contributed by atoms with E-state index in [-0.39, 0.29) is 11.3 Å². The van der Waals surface area contributed by atoms with Crippen molar-refractivity contribution in [2.45, 2.75) is 17.3 Å². The molecule has 1 aromatic heterocycles. The van der Waals surface area contributed by atoms with Crippen LogP contribution in [0.25, 0.3) is 10.9 Å². The smallest absolute Gasteiger partial charge is 0.406 e. The molecule has 0 aliphatic heterocycles. The summed E-state index contributed by atoms with van der Waals surface area (Å²) >= 11 is 1.34. The summed E-state index contributed by atoms with van der Waals surface area (Å²) in [7, 11) is 1.64. The lowest BCUT2D eigenvalue weighted by atomic mass is 10.2. The molecule has 0 unspecified atom stereocenters. The molecule has 0 aliphatic carbocycles. The van der Waals surface area contributed by atoms with Gasteiger partial charge in [0.15, 0.2) is 5.16 Å². The third kappa shape index (κ3) is 4.14. The molecule has 3 rings (SSSR count). The van der Waals surface area contributed by atoms with Crippen LogP contribution in [0.1, 0.15) is 5.56 Å². The van der Waals surface area contributed by atoms with Crippen LogP contribution >= 0.6 is 11.8 Å². The third-order valence-corrected chi connectivity index (χ3v) is 4.57. The zero-order chi connectivity index (χ0) is 18.0. The predicted molar refractivity (Wildman–Crippen MR) is 89.7 cm³/mol. The van der Waals surface area contributed by atoms with E-state index in [0.717, 1.165) is 5.56 Å². The molecular formula is C17H13F3N2O2S. The number of ether oxygens (including phenoxy) is 1. The van der Waals surface area contributed by atoms with E-state index < -0.39 is 6.36 Å². The van der Waals surface area contributed by atoms with Crippen LogP contribution in [0.15, 0.2) is 58.5 Å². The van der Waals surface area contributed by atoms with Crippen LogP contribution in [0.3, 0.4) is 0 Å². The van der Waals surface area contributed by atoms with Crippen molar-refractivity contribution < 1.29 is 17.9 Å². The number of aromatic nitrogens is 2. The van der Waals surface area contributed by atoms with Gasteiger partial charge in [-0.05, 0) is 29.8 Å². The van der Waals surface area contributed by atoms with Gasteiger partial charge in [0.25, 0.3) is 5.56 Å². The summed E-state index contributed by atoms with van der Waals surface area (Å²) in [5.74, 6) is 0.197. The van der Waals surface area contributed by atoms with E-state index in [4.69, 9.17) is 0 Å². The van der Waals surface area contributed by atoms with Gasteiger partial charge in [-0.25, -0.2) is 4.98 Å². The Morgan fingerprint density at radius 1 is 1.12 bits per heavy atom. The number of para-hydroxylation sites is 1. The van der Waals surface area contributed by atoms with E-state index in [9.17, 15) is 18.0 Å². The monoisotopic (exact) mass is 366 g/mol. The SMILES string of the molecule is Cn1c(SCc2ccc(OC(F)(F)F)cc2)nc2ccccc2c1=O. The number of benzene rings is 2. The average Bonchev–Trinajstić information content (AvgIpc) is 2.57. The molecule has 0 atom stereocenters. The fraction of sp³-hybridized carbons (Fsp3) is 0.176. The Morgan fingerprint density at radius 3 is 2.48 bits per heavy atom. The molecule has 0 amide bonds. The lowest BCUT2D eigenvalue weighted by Crippen LogP contribution is -2.19. The maximum Gasteiger partial charge on any atom is 0.573 e. The Morgan fingerprint density at radius 2 is 1.80 bits per heavy atom. The zero-order valence-corrected chi connectivity index (χ0v) is 13.9. The van der Waals surface area contributed by atoms with Gasteiger partial charge >= 0.3 is 6.36 Å². The molecule has 4 nitrogen and oxygen atoms in total. The minimum atomic E-state index is -4.70. The van der Waals surface area contributed by atoms with Crippen molar-refractivity contribution in [1.82, 2.24) is 9.55 Å². The summed E-state index contributed by atoms with van der Waals surface area (Å²) in [4.78, 5) is 16.8. The summed E-state index contributed by atoms with van der Waals surface area (Å²) in [5, 5.41) is 1.09. The Hall–Kier alpha value is -2.48. The molecule has 0 N–H and O–H groups in total. The van der Waals surface area contributed by atoms with Gasteiger partial charge in [0.1, 0.15) is 5.75 Å². The number of alkyl halides is 3. The highest BCUT2D eigenvalue weighted by Gasteiger charge is 2.30.